The Morgan fingerprint density at radius 3 is 2.34 bits per heavy atom. The van der Waals surface area contributed by atoms with E-state index in [2.05, 4.69) is 17.0 Å². The number of ether oxygens (including phenoxy) is 2. The number of carbonyl (C=O) groups excluding carboxylic acids is 3. The van der Waals surface area contributed by atoms with Gasteiger partial charge in [-0.15, -0.1) is 0 Å². The second-order valence-electron chi connectivity index (χ2n) is 11.7. The van der Waals surface area contributed by atoms with Gasteiger partial charge in [-0.2, -0.15) is 0 Å². The van der Waals surface area contributed by atoms with Crippen LogP contribution in [-0.2, 0) is 14.4 Å². The number of carbonyl (C=O) groups is 3. The molecular weight excluding hydrogens is 558 g/mol. The summed E-state index contributed by atoms with van der Waals surface area (Å²) in [6.45, 7) is 12.6. The van der Waals surface area contributed by atoms with Crippen LogP contribution in [-0.4, -0.2) is 71.2 Å². The van der Waals surface area contributed by atoms with Gasteiger partial charge in [0.15, 0.2) is 5.78 Å². The summed E-state index contributed by atoms with van der Waals surface area (Å²) in [6, 6.07) is 13.2. The molecule has 1 saturated heterocycles. The molecule has 3 aromatic rings. The molecule has 9 nitrogen and oxygen atoms in total. The van der Waals surface area contributed by atoms with Gasteiger partial charge in [-0.1, -0.05) is 38.3 Å². The molecule has 236 valence electrons. The molecule has 2 aromatic carbocycles. The van der Waals surface area contributed by atoms with Crippen LogP contribution >= 0.6 is 0 Å². The van der Waals surface area contributed by atoms with Crippen molar-refractivity contribution in [2.24, 2.45) is 5.16 Å². The first-order chi connectivity index (χ1) is 21.2. The van der Waals surface area contributed by atoms with Crippen LogP contribution in [0.5, 0.6) is 5.75 Å². The first-order valence-corrected chi connectivity index (χ1v) is 15.7. The maximum atomic E-state index is 14.0. The van der Waals surface area contributed by atoms with Gasteiger partial charge in [-0.05, 0) is 75.6 Å². The molecule has 0 bridgehead atoms. The van der Waals surface area contributed by atoms with E-state index in [1.165, 1.54) is 6.92 Å². The van der Waals surface area contributed by atoms with Crippen LogP contribution in [0.1, 0.15) is 93.9 Å². The van der Waals surface area contributed by atoms with Crippen molar-refractivity contribution in [2.45, 2.75) is 78.7 Å². The van der Waals surface area contributed by atoms with Crippen LogP contribution < -0.4 is 4.74 Å². The Labute approximate surface area is 260 Å². The van der Waals surface area contributed by atoms with E-state index in [0.717, 1.165) is 43.3 Å². The molecule has 0 radical (unpaired) electrons. The third kappa shape index (κ3) is 7.81. The van der Waals surface area contributed by atoms with E-state index >= 15 is 0 Å². The number of rotatable bonds is 15. The number of aromatic nitrogens is 1. The summed E-state index contributed by atoms with van der Waals surface area (Å²) in [6.07, 6.45) is 6.88. The van der Waals surface area contributed by atoms with Gasteiger partial charge in [0.25, 0.3) is 0 Å². The highest BCUT2D eigenvalue weighted by Gasteiger charge is 2.36. The normalized spacial score (nSPS) is 14.5. The number of hydrogen-bond donors (Lipinski definition) is 0. The summed E-state index contributed by atoms with van der Waals surface area (Å²) >= 11 is 0. The Hall–Kier alpha value is -3.82. The summed E-state index contributed by atoms with van der Waals surface area (Å²) in [5.41, 5.74) is 2.23. The highest BCUT2D eigenvalue weighted by molar-refractivity contribution is 6.47. The lowest BCUT2D eigenvalue weighted by atomic mass is 9.91. The molecule has 0 N–H and O–H groups in total. The molecule has 0 atom stereocenters. The summed E-state index contributed by atoms with van der Waals surface area (Å²) in [5.74, 6) is -0.156. The lowest BCUT2D eigenvalue weighted by molar-refractivity contribution is -0.140. The second-order valence-corrected chi connectivity index (χ2v) is 11.7. The van der Waals surface area contributed by atoms with Crippen LogP contribution in [0.15, 0.2) is 53.8 Å². The zero-order valence-electron chi connectivity index (χ0n) is 26.7. The van der Waals surface area contributed by atoms with Gasteiger partial charge in [0.2, 0.25) is 5.78 Å². The Kier molecular flexibility index (Phi) is 11.5. The predicted molar refractivity (Wildman–Crippen MR) is 172 cm³/mol. The lowest BCUT2D eigenvalue weighted by Gasteiger charge is -2.39. The predicted octanol–water partition coefficient (Wildman–Crippen LogP) is 6.79. The Morgan fingerprint density at radius 1 is 0.955 bits per heavy atom. The molecular formula is C35H45N3O6. The minimum absolute atomic E-state index is 0.0475. The average Bonchev–Trinajstić information content (AvgIpc) is 3.42. The van der Waals surface area contributed by atoms with Crippen molar-refractivity contribution < 1.29 is 28.7 Å². The van der Waals surface area contributed by atoms with E-state index in [4.69, 9.17) is 14.3 Å². The molecule has 0 spiro atoms. The highest BCUT2D eigenvalue weighted by Crippen LogP contribution is 2.31. The van der Waals surface area contributed by atoms with E-state index in [-0.39, 0.29) is 17.3 Å². The Bertz CT molecular complexity index is 1480. The van der Waals surface area contributed by atoms with Crippen molar-refractivity contribution in [3.63, 3.8) is 0 Å². The van der Waals surface area contributed by atoms with Crippen molar-refractivity contribution in [1.82, 2.24) is 9.47 Å². The van der Waals surface area contributed by atoms with Crippen molar-refractivity contribution >= 4 is 34.2 Å². The van der Waals surface area contributed by atoms with E-state index in [9.17, 15) is 14.4 Å². The fourth-order valence-corrected chi connectivity index (χ4v) is 5.50. The standard InChI is InChI=1S/C35H45N3O6/c1-6-8-9-10-11-31(36-44-25(3)39)33(40)30-24-38(32-17-16-28(23-29(30)32)43-20-7-2)27-14-12-26(13-15-27)34(41)35(4,5)37-18-21-42-22-19-37/h12-17,23-24H,6-11,18-22H2,1-5H3/b36-31+. The van der Waals surface area contributed by atoms with Crippen LogP contribution in [0.4, 0.5) is 0 Å². The number of oxime groups is 1. The molecule has 0 amide bonds. The molecule has 0 aliphatic carbocycles. The van der Waals surface area contributed by atoms with Crippen LogP contribution in [0.3, 0.4) is 0 Å². The minimum atomic E-state index is -0.658. The quantitative estimate of drug-likeness (QED) is 0.0620. The fourth-order valence-electron chi connectivity index (χ4n) is 5.50. The first kappa shape index (κ1) is 33.1. The Balaban J connectivity index is 1.71. The smallest absolute Gasteiger partial charge is 0.331 e. The number of morpholine rings is 1. The Morgan fingerprint density at radius 2 is 1.68 bits per heavy atom. The second kappa shape index (κ2) is 15.3. The van der Waals surface area contributed by atoms with Gasteiger partial charge >= 0.3 is 5.97 Å². The molecule has 0 unspecified atom stereocenters. The van der Waals surface area contributed by atoms with E-state index in [1.807, 2.05) is 67.8 Å². The number of nitrogens with zero attached hydrogens (tertiary/aromatic N) is 3. The van der Waals surface area contributed by atoms with Gasteiger partial charge < -0.3 is 18.9 Å². The van der Waals surface area contributed by atoms with Crippen LogP contribution in [0.2, 0.25) is 0 Å². The monoisotopic (exact) mass is 603 g/mol. The molecule has 1 fully saturated rings. The molecule has 1 aliphatic heterocycles. The molecule has 9 heteroatoms. The third-order valence-corrected chi connectivity index (χ3v) is 8.07. The molecule has 2 heterocycles. The first-order valence-electron chi connectivity index (χ1n) is 15.7. The van der Waals surface area contributed by atoms with E-state index in [0.29, 0.717) is 61.6 Å². The molecule has 1 aliphatic rings. The number of hydrogen-bond acceptors (Lipinski definition) is 8. The summed E-state index contributed by atoms with van der Waals surface area (Å²) < 4.78 is 13.3. The topological polar surface area (TPSA) is 99.4 Å². The van der Waals surface area contributed by atoms with Gasteiger partial charge in [0.05, 0.1) is 36.4 Å². The van der Waals surface area contributed by atoms with E-state index in [1.54, 1.807) is 6.20 Å². The maximum Gasteiger partial charge on any atom is 0.331 e. The van der Waals surface area contributed by atoms with Crippen molar-refractivity contribution in [3.05, 3.63) is 59.8 Å². The maximum absolute atomic E-state index is 14.0. The zero-order chi connectivity index (χ0) is 31.7. The molecule has 44 heavy (non-hydrogen) atoms. The molecule has 0 saturated carbocycles. The SMILES string of the molecule is CCCCCC/C(=N\OC(C)=O)C(=O)c1cn(-c2ccc(C(=O)C(C)(C)N3CCOCC3)cc2)c2ccc(OCCC)cc12. The summed E-state index contributed by atoms with van der Waals surface area (Å²) in [5, 5.41) is 4.69. The van der Waals surface area contributed by atoms with Crippen LogP contribution in [0.25, 0.3) is 16.6 Å². The molecule has 1 aromatic heterocycles. The third-order valence-electron chi connectivity index (χ3n) is 8.07. The van der Waals surface area contributed by atoms with Crippen LogP contribution in [0, 0.1) is 0 Å². The molecule has 4 rings (SSSR count). The number of unbranched alkanes of at least 4 members (excludes halogenated alkanes) is 3. The van der Waals surface area contributed by atoms with Gasteiger partial charge in [-0.25, -0.2) is 4.79 Å². The largest absolute Gasteiger partial charge is 0.494 e. The van der Waals surface area contributed by atoms with Crippen molar-refractivity contribution in [2.75, 3.05) is 32.9 Å². The lowest BCUT2D eigenvalue weighted by Crippen LogP contribution is -2.54. The van der Waals surface area contributed by atoms with E-state index < -0.39 is 11.5 Å². The highest BCUT2D eigenvalue weighted by atomic mass is 16.7. The van der Waals surface area contributed by atoms with Gasteiger partial charge in [-0.3, -0.25) is 14.5 Å². The van der Waals surface area contributed by atoms with Gasteiger partial charge in [0.1, 0.15) is 11.5 Å². The average molecular weight is 604 g/mol. The summed E-state index contributed by atoms with van der Waals surface area (Å²) in [4.78, 5) is 46.2. The number of Topliss-reactive ketones (excluding diaryl/α,β-unsaturated/α-hetero) is 2. The van der Waals surface area contributed by atoms with Gasteiger partial charge in [0, 0.05) is 42.8 Å². The number of ketones is 2. The van der Waals surface area contributed by atoms with Crippen molar-refractivity contribution in [1.29, 1.82) is 0 Å². The van der Waals surface area contributed by atoms with Crippen molar-refractivity contribution in [3.8, 4) is 11.4 Å². The number of benzene rings is 2. The summed E-state index contributed by atoms with van der Waals surface area (Å²) in [7, 11) is 0. The zero-order valence-corrected chi connectivity index (χ0v) is 26.7. The fraction of sp³-hybridized carbons (Fsp3) is 0.486. The minimum Gasteiger partial charge on any atom is -0.494 e. The number of fused-ring (bicyclic) bond motifs is 1.